The largest absolute Gasteiger partial charge is 0.373 e. The van der Waals surface area contributed by atoms with Gasteiger partial charge in [-0.15, -0.1) is 0 Å². The zero-order valence-corrected chi connectivity index (χ0v) is 12.1. The van der Waals surface area contributed by atoms with Crippen molar-refractivity contribution in [2.75, 3.05) is 26.0 Å². The minimum absolute atomic E-state index is 0.113. The number of nitrogens with zero attached hydrogens (tertiary/aromatic N) is 1. The summed E-state index contributed by atoms with van der Waals surface area (Å²) in [5, 5.41) is 10.1. The van der Waals surface area contributed by atoms with E-state index in [4.69, 9.17) is 0 Å². The quantitative estimate of drug-likeness (QED) is 0.770. The lowest BCUT2D eigenvalue weighted by Crippen LogP contribution is -2.29. The first kappa shape index (κ1) is 14.8. The van der Waals surface area contributed by atoms with Gasteiger partial charge in [-0.25, -0.2) is 4.98 Å². The number of rotatable bonds is 5. The Kier molecular flexibility index (Phi) is 4.71. The zero-order valence-electron chi connectivity index (χ0n) is 12.1. The van der Waals surface area contributed by atoms with E-state index in [1.807, 2.05) is 24.3 Å². The van der Waals surface area contributed by atoms with E-state index in [0.717, 1.165) is 10.8 Å². The van der Waals surface area contributed by atoms with Gasteiger partial charge in [0, 0.05) is 32.4 Å². The number of hydrogen-bond acceptors (Lipinski definition) is 4. The van der Waals surface area contributed by atoms with Crippen molar-refractivity contribution in [1.29, 1.82) is 0 Å². The highest BCUT2D eigenvalue weighted by Gasteiger charge is 2.11. The summed E-state index contributed by atoms with van der Waals surface area (Å²) in [5.74, 6) is 0.253. The highest BCUT2D eigenvalue weighted by molar-refractivity contribution is 6.00. The molecule has 1 aromatic heterocycles. The van der Waals surface area contributed by atoms with Crippen LogP contribution in [0.4, 0.5) is 5.82 Å². The number of aromatic nitrogens is 1. The van der Waals surface area contributed by atoms with Crippen molar-refractivity contribution in [2.45, 2.75) is 6.42 Å². The molecule has 6 heteroatoms. The number of hydrogen-bond donors (Lipinski definition) is 3. The van der Waals surface area contributed by atoms with Crippen LogP contribution in [0.3, 0.4) is 0 Å². The number of benzene rings is 1. The summed E-state index contributed by atoms with van der Waals surface area (Å²) < 4.78 is 0. The Morgan fingerprint density at radius 1 is 1.19 bits per heavy atom. The van der Waals surface area contributed by atoms with Crippen LogP contribution in [0.15, 0.2) is 30.3 Å². The third-order valence-electron chi connectivity index (χ3n) is 3.13. The fraction of sp³-hybridized carbons (Fsp3) is 0.267. The molecule has 0 unspecified atom stereocenters. The van der Waals surface area contributed by atoms with Crippen LogP contribution in [-0.4, -0.2) is 37.4 Å². The maximum Gasteiger partial charge on any atom is 0.270 e. The molecular formula is C15H18N4O2. The minimum Gasteiger partial charge on any atom is -0.373 e. The molecule has 0 atom stereocenters. The number of nitrogens with one attached hydrogen (secondary N) is 3. The molecule has 2 amide bonds. The maximum absolute atomic E-state index is 12.1. The van der Waals surface area contributed by atoms with Crippen LogP contribution in [0, 0.1) is 0 Å². The summed E-state index contributed by atoms with van der Waals surface area (Å²) in [6.45, 7) is 0.280. The molecule has 0 saturated heterocycles. The number of carbonyl (C=O) groups excluding carboxylic acids is 2. The molecule has 110 valence electrons. The van der Waals surface area contributed by atoms with Crippen molar-refractivity contribution in [3.05, 3.63) is 36.0 Å². The van der Waals surface area contributed by atoms with Gasteiger partial charge in [-0.3, -0.25) is 9.59 Å². The number of anilines is 1. The van der Waals surface area contributed by atoms with Gasteiger partial charge in [0.05, 0.1) is 0 Å². The Balaban J connectivity index is 2.17. The molecule has 0 bridgehead atoms. The summed E-state index contributed by atoms with van der Waals surface area (Å²) in [5.41, 5.74) is 0.329. The van der Waals surface area contributed by atoms with Crippen LogP contribution >= 0.6 is 0 Å². The van der Waals surface area contributed by atoms with Crippen molar-refractivity contribution >= 4 is 28.4 Å². The van der Waals surface area contributed by atoms with E-state index in [9.17, 15) is 9.59 Å². The van der Waals surface area contributed by atoms with E-state index in [2.05, 4.69) is 20.9 Å². The molecule has 0 aliphatic rings. The molecule has 6 nitrogen and oxygen atoms in total. The van der Waals surface area contributed by atoms with Gasteiger partial charge >= 0.3 is 0 Å². The highest BCUT2D eigenvalue weighted by atomic mass is 16.2. The van der Waals surface area contributed by atoms with E-state index in [1.165, 1.54) is 0 Å². The molecular weight excluding hydrogens is 268 g/mol. The monoisotopic (exact) mass is 286 g/mol. The Morgan fingerprint density at radius 2 is 1.95 bits per heavy atom. The maximum atomic E-state index is 12.1. The second-order valence-corrected chi connectivity index (χ2v) is 4.51. The predicted octanol–water partition coefficient (Wildman–Crippen LogP) is 1.14. The van der Waals surface area contributed by atoms with Crippen LogP contribution in [-0.2, 0) is 4.79 Å². The molecule has 2 aromatic rings. The third-order valence-corrected chi connectivity index (χ3v) is 3.13. The van der Waals surface area contributed by atoms with Gasteiger partial charge in [-0.1, -0.05) is 24.3 Å². The summed E-state index contributed by atoms with van der Waals surface area (Å²) in [7, 11) is 3.33. The molecule has 0 fully saturated rings. The summed E-state index contributed by atoms with van der Waals surface area (Å²) in [6.07, 6.45) is 0.245. The lowest BCUT2D eigenvalue weighted by Gasteiger charge is -2.09. The van der Waals surface area contributed by atoms with E-state index in [1.54, 1.807) is 20.2 Å². The topological polar surface area (TPSA) is 83.1 Å². The van der Waals surface area contributed by atoms with Crippen molar-refractivity contribution in [3.63, 3.8) is 0 Å². The Morgan fingerprint density at radius 3 is 2.67 bits per heavy atom. The number of amides is 2. The second kappa shape index (κ2) is 6.69. The fourth-order valence-electron chi connectivity index (χ4n) is 2.01. The SMILES string of the molecule is CNC(=O)CCNC(=O)c1cc2ccccc2c(NC)n1. The fourth-order valence-corrected chi connectivity index (χ4v) is 2.01. The predicted molar refractivity (Wildman–Crippen MR) is 82.3 cm³/mol. The first-order chi connectivity index (χ1) is 10.2. The number of pyridine rings is 1. The molecule has 1 aromatic carbocycles. The van der Waals surface area contributed by atoms with E-state index >= 15 is 0 Å². The molecule has 0 radical (unpaired) electrons. The first-order valence-corrected chi connectivity index (χ1v) is 6.72. The molecule has 3 N–H and O–H groups in total. The van der Waals surface area contributed by atoms with Gasteiger partial charge in [0.1, 0.15) is 11.5 Å². The van der Waals surface area contributed by atoms with Crippen LogP contribution < -0.4 is 16.0 Å². The number of fused-ring (bicyclic) bond motifs is 1. The first-order valence-electron chi connectivity index (χ1n) is 6.72. The molecule has 0 aliphatic carbocycles. The zero-order chi connectivity index (χ0) is 15.2. The van der Waals surface area contributed by atoms with Gasteiger partial charge in [0.25, 0.3) is 5.91 Å². The van der Waals surface area contributed by atoms with Crippen LogP contribution in [0.25, 0.3) is 10.8 Å². The molecule has 2 rings (SSSR count). The molecule has 0 spiro atoms. The van der Waals surface area contributed by atoms with E-state index < -0.39 is 0 Å². The average molecular weight is 286 g/mol. The van der Waals surface area contributed by atoms with Gasteiger partial charge in [-0.2, -0.15) is 0 Å². The smallest absolute Gasteiger partial charge is 0.270 e. The number of carbonyl (C=O) groups is 2. The minimum atomic E-state index is -0.291. The van der Waals surface area contributed by atoms with Crippen LogP contribution in [0.5, 0.6) is 0 Å². The molecule has 1 heterocycles. The van der Waals surface area contributed by atoms with Crippen molar-refractivity contribution in [1.82, 2.24) is 15.6 Å². The van der Waals surface area contributed by atoms with Crippen LogP contribution in [0.2, 0.25) is 0 Å². The Bertz CT molecular complexity index is 670. The summed E-state index contributed by atoms with van der Waals surface area (Å²) in [6, 6.07) is 9.45. The van der Waals surface area contributed by atoms with Gasteiger partial charge in [0.15, 0.2) is 0 Å². The Labute approximate surface area is 122 Å². The standard InChI is InChI=1S/C15H18N4O2/c1-16-13(20)7-8-18-15(21)12-9-10-5-3-4-6-11(10)14(17-2)19-12/h3-6,9H,7-8H2,1-2H3,(H,16,20)(H,17,19)(H,18,21). The van der Waals surface area contributed by atoms with Crippen molar-refractivity contribution in [3.8, 4) is 0 Å². The van der Waals surface area contributed by atoms with Gasteiger partial charge in [0.2, 0.25) is 5.91 Å². The normalized spacial score (nSPS) is 10.2. The lowest BCUT2D eigenvalue weighted by molar-refractivity contribution is -0.120. The Hall–Kier alpha value is -2.63. The average Bonchev–Trinajstić information content (AvgIpc) is 2.53. The molecule has 0 saturated carbocycles. The highest BCUT2D eigenvalue weighted by Crippen LogP contribution is 2.21. The van der Waals surface area contributed by atoms with Crippen molar-refractivity contribution in [2.24, 2.45) is 0 Å². The third kappa shape index (κ3) is 3.47. The summed E-state index contributed by atoms with van der Waals surface area (Å²) >= 11 is 0. The molecule has 0 aliphatic heterocycles. The summed E-state index contributed by atoms with van der Waals surface area (Å²) in [4.78, 5) is 27.5. The van der Waals surface area contributed by atoms with Gasteiger partial charge < -0.3 is 16.0 Å². The van der Waals surface area contributed by atoms with E-state index in [0.29, 0.717) is 11.5 Å². The van der Waals surface area contributed by atoms with Crippen LogP contribution in [0.1, 0.15) is 16.9 Å². The van der Waals surface area contributed by atoms with E-state index in [-0.39, 0.29) is 24.8 Å². The molecule has 21 heavy (non-hydrogen) atoms. The lowest BCUT2D eigenvalue weighted by atomic mass is 10.1. The van der Waals surface area contributed by atoms with Crippen molar-refractivity contribution < 1.29 is 9.59 Å². The van der Waals surface area contributed by atoms with Gasteiger partial charge in [-0.05, 0) is 11.5 Å². The second-order valence-electron chi connectivity index (χ2n) is 4.51.